The van der Waals surface area contributed by atoms with Gasteiger partial charge in [0, 0.05) is 25.0 Å². The van der Waals surface area contributed by atoms with Gasteiger partial charge in [0.25, 0.3) is 0 Å². The van der Waals surface area contributed by atoms with Gasteiger partial charge in [-0.05, 0) is 20.8 Å². The number of carbonyl (C=O) groups excluding carboxylic acids is 1. The van der Waals surface area contributed by atoms with Crippen molar-refractivity contribution in [2.24, 2.45) is 5.73 Å². The van der Waals surface area contributed by atoms with Crippen LogP contribution in [0.4, 0.5) is 0 Å². The summed E-state index contributed by atoms with van der Waals surface area (Å²) >= 11 is 0. The molecule has 1 unspecified atom stereocenters. The summed E-state index contributed by atoms with van der Waals surface area (Å²) in [4.78, 5) is 13.2. The zero-order valence-electron chi connectivity index (χ0n) is 9.37. The van der Waals surface area contributed by atoms with Crippen LogP contribution in [0.1, 0.15) is 33.6 Å². The average Bonchev–Trinajstić information content (AvgIpc) is 2.00. The van der Waals surface area contributed by atoms with E-state index >= 15 is 0 Å². The Kier molecular flexibility index (Phi) is 4.58. The minimum Gasteiger partial charge on any atom is -0.342 e. The van der Waals surface area contributed by atoms with Gasteiger partial charge in [0.1, 0.15) is 0 Å². The number of nitrogens with zero attached hydrogens (tertiary/aromatic N) is 2. The van der Waals surface area contributed by atoms with Crippen LogP contribution in [-0.4, -0.2) is 29.4 Å². The van der Waals surface area contributed by atoms with E-state index in [4.69, 9.17) is 11.0 Å². The summed E-state index contributed by atoms with van der Waals surface area (Å²) in [5.41, 5.74) is 5.25. The van der Waals surface area contributed by atoms with Crippen LogP contribution in [0.15, 0.2) is 0 Å². The molecule has 14 heavy (non-hydrogen) atoms. The maximum atomic E-state index is 11.6. The second kappa shape index (κ2) is 4.97. The molecule has 0 bridgehead atoms. The van der Waals surface area contributed by atoms with Crippen molar-refractivity contribution < 1.29 is 4.79 Å². The van der Waals surface area contributed by atoms with Gasteiger partial charge in [-0.1, -0.05) is 0 Å². The van der Waals surface area contributed by atoms with E-state index < -0.39 is 5.54 Å². The van der Waals surface area contributed by atoms with Crippen LogP contribution >= 0.6 is 0 Å². The first-order valence-electron chi connectivity index (χ1n) is 4.69. The highest BCUT2D eigenvalue weighted by molar-refractivity contribution is 5.77. The van der Waals surface area contributed by atoms with E-state index in [9.17, 15) is 4.79 Å². The molecule has 0 aliphatic rings. The molecule has 1 amide bonds. The summed E-state index contributed by atoms with van der Waals surface area (Å²) in [6.45, 7) is 5.48. The SMILES string of the molecule is CC(CC#N)N(C)C(=O)CC(C)(C)N. The van der Waals surface area contributed by atoms with Crippen molar-refractivity contribution in [3.05, 3.63) is 0 Å². The third kappa shape index (κ3) is 4.83. The lowest BCUT2D eigenvalue weighted by Crippen LogP contribution is -2.42. The summed E-state index contributed by atoms with van der Waals surface area (Å²) in [6, 6.07) is 1.99. The Morgan fingerprint density at radius 1 is 1.64 bits per heavy atom. The van der Waals surface area contributed by atoms with Crippen LogP contribution in [-0.2, 0) is 4.79 Å². The molecule has 4 heteroatoms. The molecular formula is C10H19N3O. The fraction of sp³-hybridized carbons (Fsp3) is 0.800. The molecule has 0 fully saturated rings. The molecule has 0 rings (SSSR count). The number of hydrogen-bond donors (Lipinski definition) is 1. The molecule has 0 radical (unpaired) electrons. The number of carbonyl (C=O) groups is 1. The van der Waals surface area contributed by atoms with Gasteiger partial charge in [-0.2, -0.15) is 5.26 Å². The second-order valence-electron chi connectivity index (χ2n) is 4.38. The van der Waals surface area contributed by atoms with Crippen LogP contribution in [0.2, 0.25) is 0 Å². The molecular weight excluding hydrogens is 178 g/mol. The standard InChI is InChI=1S/C10H19N3O/c1-8(5-6-11)13(4)9(14)7-10(2,3)12/h8H,5,7,12H2,1-4H3. The van der Waals surface area contributed by atoms with E-state index in [1.54, 1.807) is 11.9 Å². The fourth-order valence-corrected chi connectivity index (χ4v) is 1.03. The van der Waals surface area contributed by atoms with Gasteiger partial charge in [-0.3, -0.25) is 4.79 Å². The molecule has 80 valence electrons. The van der Waals surface area contributed by atoms with Crippen molar-refractivity contribution in [2.45, 2.75) is 45.2 Å². The Labute approximate surface area is 85.7 Å². The first-order chi connectivity index (χ1) is 6.28. The van der Waals surface area contributed by atoms with Crippen molar-refractivity contribution in [1.29, 1.82) is 5.26 Å². The molecule has 0 saturated carbocycles. The summed E-state index contributed by atoms with van der Waals surface area (Å²) < 4.78 is 0. The monoisotopic (exact) mass is 197 g/mol. The highest BCUT2D eigenvalue weighted by Crippen LogP contribution is 2.09. The van der Waals surface area contributed by atoms with Crippen LogP contribution in [0, 0.1) is 11.3 Å². The Morgan fingerprint density at radius 2 is 2.14 bits per heavy atom. The molecule has 0 heterocycles. The molecule has 0 aromatic carbocycles. The van der Waals surface area contributed by atoms with E-state index in [0.29, 0.717) is 12.8 Å². The Bertz CT molecular complexity index is 237. The largest absolute Gasteiger partial charge is 0.342 e. The van der Waals surface area contributed by atoms with E-state index in [1.165, 1.54) is 0 Å². The van der Waals surface area contributed by atoms with E-state index in [2.05, 4.69) is 0 Å². The average molecular weight is 197 g/mol. The van der Waals surface area contributed by atoms with E-state index in [0.717, 1.165) is 0 Å². The topological polar surface area (TPSA) is 70.1 Å². The summed E-state index contributed by atoms with van der Waals surface area (Å²) in [5.74, 6) is -0.0137. The fourth-order valence-electron chi connectivity index (χ4n) is 1.03. The van der Waals surface area contributed by atoms with Gasteiger partial charge in [0.05, 0.1) is 12.5 Å². The minimum atomic E-state index is -0.488. The maximum absolute atomic E-state index is 11.6. The minimum absolute atomic E-state index is 0.0137. The van der Waals surface area contributed by atoms with Crippen LogP contribution in [0.5, 0.6) is 0 Å². The third-order valence-corrected chi connectivity index (χ3v) is 2.05. The number of amides is 1. The normalized spacial score (nSPS) is 13.1. The van der Waals surface area contributed by atoms with E-state index in [-0.39, 0.29) is 11.9 Å². The molecule has 0 aromatic heterocycles. The van der Waals surface area contributed by atoms with Crippen LogP contribution in [0.25, 0.3) is 0 Å². The predicted molar refractivity (Wildman–Crippen MR) is 55.3 cm³/mol. The van der Waals surface area contributed by atoms with Crippen molar-refractivity contribution >= 4 is 5.91 Å². The molecule has 4 nitrogen and oxygen atoms in total. The molecule has 1 atom stereocenters. The lowest BCUT2D eigenvalue weighted by molar-refractivity contribution is -0.132. The first-order valence-corrected chi connectivity index (χ1v) is 4.69. The van der Waals surface area contributed by atoms with Gasteiger partial charge < -0.3 is 10.6 Å². The Balaban J connectivity index is 4.20. The van der Waals surface area contributed by atoms with Gasteiger partial charge in [-0.25, -0.2) is 0 Å². The van der Waals surface area contributed by atoms with Gasteiger partial charge in [-0.15, -0.1) is 0 Å². The molecule has 2 N–H and O–H groups in total. The van der Waals surface area contributed by atoms with Crippen molar-refractivity contribution in [2.75, 3.05) is 7.05 Å². The third-order valence-electron chi connectivity index (χ3n) is 2.05. The summed E-state index contributed by atoms with van der Waals surface area (Å²) in [5, 5.41) is 8.49. The van der Waals surface area contributed by atoms with Crippen molar-refractivity contribution in [1.82, 2.24) is 4.90 Å². The number of nitriles is 1. The lowest BCUT2D eigenvalue weighted by atomic mass is 10.0. The number of nitrogens with two attached hydrogens (primary N) is 1. The summed E-state index contributed by atoms with van der Waals surface area (Å²) in [7, 11) is 1.70. The molecule has 0 aliphatic heterocycles. The van der Waals surface area contributed by atoms with Crippen LogP contribution in [0.3, 0.4) is 0 Å². The molecule has 0 saturated heterocycles. The molecule has 0 aromatic rings. The Hall–Kier alpha value is -1.08. The highest BCUT2D eigenvalue weighted by atomic mass is 16.2. The lowest BCUT2D eigenvalue weighted by Gasteiger charge is -2.26. The van der Waals surface area contributed by atoms with Crippen LogP contribution < -0.4 is 5.73 Å². The highest BCUT2D eigenvalue weighted by Gasteiger charge is 2.21. The van der Waals surface area contributed by atoms with Gasteiger partial charge in [0.2, 0.25) is 5.91 Å². The zero-order chi connectivity index (χ0) is 11.4. The van der Waals surface area contributed by atoms with Crippen molar-refractivity contribution in [3.63, 3.8) is 0 Å². The zero-order valence-corrected chi connectivity index (χ0v) is 9.37. The van der Waals surface area contributed by atoms with Gasteiger partial charge >= 0.3 is 0 Å². The first kappa shape index (κ1) is 12.9. The van der Waals surface area contributed by atoms with Gasteiger partial charge in [0.15, 0.2) is 0 Å². The Morgan fingerprint density at radius 3 is 2.50 bits per heavy atom. The summed E-state index contributed by atoms with van der Waals surface area (Å²) in [6.07, 6.45) is 0.659. The number of rotatable bonds is 4. The molecule has 0 aliphatic carbocycles. The smallest absolute Gasteiger partial charge is 0.224 e. The van der Waals surface area contributed by atoms with Crippen molar-refractivity contribution in [3.8, 4) is 6.07 Å². The molecule has 0 spiro atoms. The number of hydrogen-bond acceptors (Lipinski definition) is 3. The predicted octanol–water partition coefficient (Wildman–Crippen LogP) is 0.874. The quantitative estimate of drug-likeness (QED) is 0.727. The second-order valence-corrected chi connectivity index (χ2v) is 4.38. The maximum Gasteiger partial charge on any atom is 0.224 e. The van der Waals surface area contributed by atoms with E-state index in [1.807, 2.05) is 26.8 Å².